The molecule has 1 aliphatic rings. The summed E-state index contributed by atoms with van der Waals surface area (Å²) in [6.07, 6.45) is -5.46. The van der Waals surface area contributed by atoms with Crippen molar-refractivity contribution in [2.75, 3.05) is 0 Å². The maximum Gasteiger partial charge on any atom is 0.211 e. The smallest absolute Gasteiger partial charge is 0.211 e. The van der Waals surface area contributed by atoms with Gasteiger partial charge in [0.15, 0.2) is 0 Å². The molecule has 0 radical (unpaired) electrons. The van der Waals surface area contributed by atoms with Crippen molar-refractivity contribution in [3.8, 4) is 0 Å². The fourth-order valence-corrected chi connectivity index (χ4v) is 0.503. The van der Waals surface area contributed by atoms with Gasteiger partial charge >= 0.3 is 0 Å². The van der Waals surface area contributed by atoms with E-state index in [1.54, 1.807) is 0 Å². The van der Waals surface area contributed by atoms with E-state index in [1.807, 2.05) is 0 Å². The van der Waals surface area contributed by atoms with Crippen LogP contribution in [0.4, 0.5) is 0 Å². The van der Waals surface area contributed by atoms with Gasteiger partial charge in [-0.2, -0.15) is 0 Å². The monoisotopic (exact) mass is 126 g/mol. The van der Waals surface area contributed by atoms with Crippen LogP contribution in [0.25, 0.3) is 0 Å². The predicted octanol–water partition coefficient (Wildman–Crippen LogP) is -0.563. The lowest BCUT2D eigenvalue weighted by molar-refractivity contribution is 0.596. The van der Waals surface area contributed by atoms with Gasteiger partial charge in [-0.05, 0) is 12.7 Å². The molecule has 3 nitrogen and oxygen atoms in total. The van der Waals surface area contributed by atoms with Crippen LogP contribution in [0, 0.1) is 0 Å². The van der Waals surface area contributed by atoms with E-state index in [4.69, 9.17) is 6.85 Å². The van der Waals surface area contributed by atoms with Gasteiger partial charge in [-0.3, -0.25) is 0 Å². The van der Waals surface area contributed by atoms with E-state index >= 15 is 0 Å². The van der Waals surface area contributed by atoms with Crippen molar-refractivity contribution in [3.05, 3.63) is 0 Å². The van der Waals surface area contributed by atoms with E-state index in [1.165, 1.54) is 0 Å². The first-order valence-electron chi connectivity index (χ1n) is 4.02. The Labute approximate surface area is 49.6 Å². The molecule has 0 saturated heterocycles. The highest BCUT2D eigenvalue weighted by atomic mass is 32.2. The van der Waals surface area contributed by atoms with E-state index in [0.717, 1.165) is 0 Å². The van der Waals surface area contributed by atoms with Gasteiger partial charge in [0.1, 0.15) is 0 Å². The maximum absolute atomic E-state index is 10.7. The quantitative estimate of drug-likeness (QED) is 0.512. The lowest BCUT2D eigenvalue weighted by atomic mass is 11.0. The zero-order valence-corrected chi connectivity index (χ0v) is 4.12. The molecule has 0 heterocycles. The van der Waals surface area contributed by atoms with Crippen LogP contribution < -0.4 is 5.14 Å². The van der Waals surface area contributed by atoms with Crippen molar-refractivity contribution >= 4 is 10.0 Å². The van der Waals surface area contributed by atoms with Crippen molar-refractivity contribution in [3.63, 3.8) is 0 Å². The van der Waals surface area contributed by atoms with Crippen LogP contribution in [-0.4, -0.2) is 13.6 Å². The molecular weight excluding hydrogens is 114 g/mol. The molecule has 4 heteroatoms. The third-order valence-corrected chi connectivity index (χ3v) is 1.28. The van der Waals surface area contributed by atoms with E-state index in [0.29, 0.717) is 0 Å². The van der Waals surface area contributed by atoms with Crippen LogP contribution >= 0.6 is 0 Å². The van der Waals surface area contributed by atoms with Crippen molar-refractivity contribution in [1.29, 1.82) is 0 Å². The van der Waals surface area contributed by atoms with E-state index in [2.05, 4.69) is 5.14 Å². The van der Waals surface area contributed by atoms with Gasteiger partial charge < -0.3 is 0 Å². The Morgan fingerprint density at radius 3 is 2.29 bits per heavy atom. The fourth-order valence-electron chi connectivity index (χ4n) is 0.168. The molecule has 1 aliphatic carbocycles. The molecule has 1 rings (SSSR count). The van der Waals surface area contributed by atoms with Crippen molar-refractivity contribution < 1.29 is 15.3 Å². The van der Waals surface area contributed by atoms with E-state index in [-0.39, 0.29) is 0 Å². The summed E-state index contributed by atoms with van der Waals surface area (Å²) in [6, 6.07) is 0. The van der Waals surface area contributed by atoms with Crippen molar-refractivity contribution in [1.82, 2.24) is 0 Å². The van der Waals surface area contributed by atoms with Gasteiger partial charge in [0.25, 0.3) is 0 Å². The Hall–Kier alpha value is -0.0900. The Kier molecular flexibility index (Phi) is 0.291. The Balaban J connectivity index is 3.28. The van der Waals surface area contributed by atoms with Gasteiger partial charge in [0, 0.05) is 6.85 Å². The third-order valence-electron chi connectivity index (χ3n) is 0.512. The zero-order chi connectivity index (χ0) is 10.0. The second-order valence-electron chi connectivity index (χ2n) is 1.12. The highest BCUT2D eigenvalue weighted by Crippen LogP contribution is 2.25. The second-order valence-corrected chi connectivity index (χ2v) is 2.62. The number of rotatable bonds is 1. The molecular formula is C3H7NO2S. The summed E-state index contributed by atoms with van der Waals surface area (Å²) in [7, 11) is -4.53. The zero-order valence-electron chi connectivity index (χ0n) is 8.30. The summed E-state index contributed by atoms with van der Waals surface area (Å²) in [4.78, 5) is 0. The average molecular weight is 126 g/mol. The topological polar surface area (TPSA) is 60.2 Å². The molecule has 0 bridgehead atoms. The number of primary sulfonamides is 1. The van der Waals surface area contributed by atoms with Crippen LogP contribution in [-0.2, 0) is 10.0 Å². The first kappa shape index (κ1) is 1.70. The van der Waals surface area contributed by atoms with Gasteiger partial charge in [0.05, 0.1) is 5.23 Å². The van der Waals surface area contributed by atoms with E-state index < -0.39 is 28.0 Å². The largest absolute Gasteiger partial charge is 0.228 e. The maximum atomic E-state index is 10.7. The van der Waals surface area contributed by atoms with Gasteiger partial charge in [0.2, 0.25) is 10.0 Å². The SMILES string of the molecule is [2H]C1([2H])C([2H])([2H])C1([2H])S(N)(=O)=O. The highest BCUT2D eigenvalue weighted by molar-refractivity contribution is 7.90. The van der Waals surface area contributed by atoms with E-state index in [9.17, 15) is 8.42 Å². The van der Waals surface area contributed by atoms with Crippen LogP contribution in [0.3, 0.4) is 0 Å². The van der Waals surface area contributed by atoms with Crippen LogP contribution in [0.15, 0.2) is 0 Å². The highest BCUT2D eigenvalue weighted by Gasteiger charge is 2.32. The number of nitrogens with two attached hydrogens (primary N) is 1. The molecule has 0 atom stereocenters. The minimum absolute atomic E-state index is 2.73. The molecule has 0 unspecified atom stereocenters. The van der Waals surface area contributed by atoms with Crippen molar-refractivity contribution in [2.24, 2.45) is 5.14 Å². The Morgan fingerprint density at radius 2 is 2.29 bits per heavy atom. The van der Waals surface area contributed by atoms with Gasteiger partial charge in [-0.25, -0.2) is 13.6 Å². The second kappa shape index (κ2) is 1.20. The Morgan fingerprint density at radius 1 is 1.86 bits per heavy atom. The summed E-state index contributed by atoms with van der Waals surface area (Å²) < 4.78 is 56.0. The fraction of sp³-hybridized carbons (Fsp3) is 1.00. The molecule has 42 valence electrons. The molecule has 0 aromatic heterocycles. The lowest BCUT2D eigenvalue weighted by Gasteiger charge is -1.84. The Bertz CT molecular complexity index is 308. The minimum atomic E-state index is -4.53. The normalized spacial score (nSPS) is 51.9. The third kappa shape index (κ3) is 1.14. The minimum Gasteiger partial charge on any atom is -0.228 e. The molecule has 0 aromatic rings. The van der Waals surface area contributed by atoms with Gasteiger partial charge in [-0.1, -0.05) is 0 Å². The van der Waals surface area contributed by atoms with Crippen molar-refractivity contribution in [2.45, 2.75) is 18.0 Å². The number of hydrogen-bond acceptors (Lipinski definition) is 2. The molecule has 2 N–H and O–H groups in total. The molecule has 0 amide bonds. The average Bonchev–Trinajstić information content (AvgIpc) is 2.09. The molecule has 0 aromatic carbocycles. The standard InChI is InChI=1S/C3H7NO2S/c4-7(5,6)3-1-2-3/h3H,1-2H2,(H2,4,5,6)/i1D2,2D2,3D. The first-order valence-corrected chi connectivity index (χ1v) is 3.07. The molecule has 1 fully saturated rings. The van der Waals surface area contributed by atoms with Crippen LogP contribution in [0.1, 0.15) is 19.6 Å². The molecule has 0 aliphatic heterocycles. The molecule has 0 spiro atoms. The summed E-state index contributed by atoms with van der Waals surface area (Å²) in [5, 5.41) is 1.68. The molecule has 7 heavy (non-hydrogen) atoms. The summed E-state index contributed by atoms with van der Waals surface area (Å²) >= 11 is 0. The number of sulfonamides is 1. The van der Waals surface area contributed by atoms with Crippen LogP contribution in [0.2, 0.25) is 0 Å². The summed E-state index contributed by atoms with van der Waals surface area (Å²) in [5.74, 6) is 0. The first-order chi connectivity index (χ1) is 5.00. The van der Waals surface area contributed by atoms with Gasteiger partial charge in [-0.15, -0.1) is 0 Å². The predicted molar refractivity (Wildman–Crippen MR) is 26.1 cm³/mol. The summed E-state index contributed by atoms with van der Waals surface area (Å²) in [6.45, 7) is 0. The summed E-state index contributed by atoms with van der Waals surface area (Å²) in [5.41, 5.74) is 0. The number of hydrogen-bond donors (Lipinski definition) is 1. The molecule has 1 saturated carbocycles. The van der Waals surface area contributed by atoms with Crippen LogP contribution in [0.5, 0.6) is 0 Å². The lowest BCUT2D eigenvalue weighted by Crippen LogP contribution is -2.16.